The van der Waals surface area contributed by atoms with Crippen LogP contribution in [0.2, 0.25) is 0 Å². The molecule has 0 aliphatic heterocycles. The monoisotopic (exact) mass is 353 g/mol. The molecule has 0 bridgehead atoms. The van der Waals surface area contributed by atoms with Crippen LogP contribution in [0, 0.1) is 11.6 Å². The van der Waals surface area contributed by atoms with Gasteiger partial charge in [0.25, 0.3) is 5.91 Å². The molecule has 0 radical (unpaired) electrons. The Labute approximate surface area is 130 Å². The summed E-state index contributed by atoms with van der Waals surface area (Å²) in [6, 6.07) is 11.1. The highest BCUT2D eigenvalue weighted by Gasteiger charge is 2.16. The van der Waals surface area contributed by atoms with Gasteiger partial charge in [0.2, 0.25) is 0 Å². The van der Waals surface area contributed by atoms with Crippen molar-refractivity contribution in [3.05, 3.63) is 69.7 Å². The molecule has 1 N–H and O–H groups in total. The summed E-state index contributed by atoms with van der Waals surface area (Å²) >= 11 is 3.35. The normalized spacial score (nSPS) is 12.0. The van der Waals surface area contributed by atoms with Crippen LogP contribution < -0.4 is 5.32 Å². The lowest BCUT2D eigenvalue weighted by Gasteiger charge is -2.14. The van der Waals surface area contributed by atoms with E-state index in [1.165, 1.54) is 12.1 Å². The molecular weight excluding hydrogens is 340 g/mol. The SMILES string of the molecule is CC(Cc1ccc(Br)cc1)NC(=O)c1cccc(F)c1F. The summed E-state index contributed by atoms with van der Waals surface area (Å²) in [5.41, 5.74) is 0.767. The molecule has 0 aromatic heterocycles. The summed E-state index contributed by atoms with van der Waals surface area (Å²) in [7, 11) is 0. The number of hydrogen-bond donors (Lipinski definition) is 1. The first-order valence-corrected chi connectivity index (χ1v) is 7.26. The van der Waals surface area contributed by atoms with Gasteiger partial charge in [-0.1, -0.05) is 34.1 Å². The number of halogens is 3. The van der Waals surface area contributed by atoms with Gasteiger partial charge < -0.3 is 5.32 Å². The fourth-order valence-corrected chi connectivity index (χ4v) is 2.27. The van der Waals surface area contributed by atoms with Gasteiger partial charge in [-0.15, -0.1) is 0 Å². The van der Waals surface area contributed by atoms with E-state index in [1.807, 2.05) is 31.2 Å². The van der Waals surface area contributed by atoms with E-state index in [9.17, 15) is 13.6 Å². The van der Waals surface area contributed by atoms with Crippen LogP contribution in [0.4, 0.5) is 8.78 Å². The van der Waals surface area contributed by atoms with Crippen LogP contribution in [-0.2, 0) is 6.42 Å². The molecule has 1 atom stereocenters. The van der Waals surface area contributed by atoms with Gasteiger partial charge in [-0.25, -0.2) is 8.78 Å². The molecule has 0 heterocycles. The van der Waals surface area contributed by atoms with Gasteiger partial charge in [0.05, 0.1) is 5.56 Å². The van der Waals surface area contributed by atoms with Crippen LogP contribution in [0.15, 0.2) is 46.9 Å². The molecule has 0 saturated carbocycles. The Morgan fingerprint density at radius 1 is 1.19 bits per heavy atom. The Kier molecular flexibility index (Phi) is 5.07. The van der Waals surface area contributed by atoms with Gasteiger partial charge >= 0.3 is 0 Å². The molecule has 2 aromatic rings. The fraction of sp³-hybridized carbons (Fsp3) is 0.188. The Hall–Kier alpha value is -1.75. The average Bonchev–Trinajstić information content (AvgIpc) is 2.44. The highest BCUT2D eigenvalue weighted by molar-refractivity contribution is 9.10. The van der Waals surface area contributed by atoms with Crippen molar-refractivity contribution in [1.29, 1.82) is 0 Å². The maximum atomic E-state index is 13.5. The number of nitrogens with one attached hydrogen (secondary N) is 1. The molecule has 2 rings (SSSR count). The molecule has 0 spiro atoms. The van der Waals surface area contributed by atoms with Crippen molar-refractivity contribution in [1.82, 2.24) is 5.32 Å². The highest BCUT2D eigenvalue weighted by atomic mass is 79.9. The average molecular weight is 354 g/mol. The van der Waals surface area contributed by atoms with Crippen LogP contribution in [-0.4, -0.2) is 11.9 Å². The second-order valence-electron chi connectivity index (χ2n) is 4.81. The second kappa shape index (κ2) is 6.80. The summed E-state index contributed by atoms with van der Waals surface area (Å²) in [5, 5.41) is 2.67. The van der Waals surface area contributed by atoms with Gasteiger partial charge in [0, 0.05) is 10.5 Å². The van der Waals surface area contributed by atoms with E-state index >= 15 is 0 Å². The molecule has 0 saturated heterocycles. The van der Waals surface area contributed by atoms with E-state index in [-0.39, 0.29) is 11.6 Å². The van der Waals surface area contributed by atoms with Gasteiger partial charge in [0.15, 0.2) is 11.6 Å². The van der Waals surface area contributed by atoms with Gasteiger partial charge in [-0.3, -0.25) is 4.79 Å². The third-order valence-corrected chi connectivity index (χ3v) is 3.56. The molecule has 1 amide bonds. The maximum absolute atomic E-state index is 13.5. The summed E-state index contributed by atoms with van der Waals surface area (Å²) in [6.07, 6.45) is 0.607. The van der Waals surface area contributed by atoms with Crippen LogP contribution in [0.5, 0.6) is 0 Å². The zero-order valence-electron chi connectivity index (χ0n) is 11.4. The smallest absolute Gasteiger partial charge is 0.254 e. The standard InChI is InChI=1S/C16H14BrF2NO/c1-10(9-11-5-7-12(17)8-6-11)20-16(21)13-3-2-4-14(18)15(13)19/h2-8,10H,9H2,1H3,(H,20,21). The molecule has 2 aromatic carbocycles. The van der Waals surface area contributed by atoms with E-state index in [0.29, 0.717) is 6.42 Å². The molecule has 0 aliphatic rings. The van der Waals surface area contributed by atoms with Crippen LogP contribution >= 0.6 is 15.9 Å². The quantitative estimate of drug-likeness (QED) is 0.881. The summed E-state index contributed by atoms with van der Waals surface area (Å²) in [4.78, 5) is 11.9. The van der Waals surface area contributed by atoms with Gasteiger partial charge in [-0.2, -0.15) is 0 Å². The predicted octanol–water partition coefficient (Wildman–Crippen LogP) is 4.09. The highest BCUT2D eigenvalue weighted by Crippen LogP contribution is 2.13. The zero-order chi connectivity index (χ0) is 15.4. The third-order valence-electron chi connectivity index (χ3n) is 3.03. The van der Waals surface area contributed by atoms with Crippen molar-refractivity contribution in [2.24, 2.45) is 0 Å². The minimum atomic E-state index is -1.12. The lowest BCUT2D eigenvalue weighted by molar-refractivity contribution is 0.0935. The van der Waals surface area contributed by atoms with E-state index in [1.54, 1.807) is 0 Å². The molecule has 0 fully saturated rings. The van der Waals surface area contributed by atoms with Crippen molar-refractivity contribution in [2.75, 3.05) is 0 Å². The molecule has 2 nitrogen and oxygen atoms in total. The molecule has 5 heteroatoms. The fourth-order valence-electron chi connectivity index (χ4n) is 2.01. The topological polar surface area (TPSA) is 29.1 Å². The maximum Gasteiger partial charge on any atom is 0.254 e. The first-order chi connectivity index (χ1) is 9.97. The summed E-state index contributed by atoms with van der Waals surface area (Å²) in [6.45, 7) is 1.82. The Morgan fingerprint density at radius 3 is 2.52 bits per heavy atom. The van der Waals surface area contributed by atoms with E-state index in [0.717, 1.165) is 16.1 Å². The first kappa shape index (κ1) is 15.6. The number of benzene rings is 2. The number of amides is 1. The number of carbonyl (C=O) groups excluding carboxylic acids is 1. The summed E-state index contributed by atoms with van der Waals surface area (Å²) < 4.78 is 27.6. The van der Waals surface area contributed by atoms with Crippen molar-refractivity contribution < 1.29 is 13.6 Å². The van der Waals surface area contributed by atoms with E-state index in [4.69, 9.17) is 0 Å². The Balaban J connectivity index is 2.02. The van der Waals surface area contributed by atoms with E-state index in [2.05, 4.69) is 21.2 Å². The number of carbonyl (C=O) groups is 1. The van der Waals surface area contributed by atoms with Crippen LogP contribution in [0.1, 0.15) is 22.8 Å². The largest absolute Gasteiger partial charge is 0.349 e. The van der Waals surface area contributed by atoms with E-state index < -0.39 is 17.5 Å². The Morgan fingerprint density at radius 2 is 1.86 bits per heavy atom. The minimum absolute atomic E-state index is 0.193. The third kappa shape index (κ3) is 4.11. The molecule has 0 aliphatic carbocycles. The second-order valence-corrected chi connectivity index (χ2v) is 5.72. The molecule has 110 valence electrons. The summed E-state index contributed by atoms with van der Waals surface area (Å²) in [5.74, 6) is -2.76. The molecule has 1 unspecified atom stereocenters. The van der Waals surface area contributed by atoms with Gasteiger partial charge in [-0.05, 0) is 43.2 Å². The zero-order valence-corrected chi connectivity index (χ0v) is 13.0. The Bertz CT molecular complexity index is 643. The first-order valence-electron chi connectivity index (χ1n) is 6.46. The minimum Gasteiger partial charge on any atom is -0.349 e. The van der Waals surface area contributed by atoms with Crippen molar-refractivity contribution in [3.8, 4) is 0 Å². The van der Waals surface area contributed by atoms with Crippen molar-refractivity contribution >= 4 is 21.8 Å². The number of rotatable bonds is 4. The number of hydrogen-bond acceptors (Lipinski definition) is 1. The molecule has 21 heavy (non-hydrogen) atoms. The van der Waals surface area contributed by atoms with Crippen molar-refractivity contribution in [2.45, 2.75) is 19.4 Å². The molecular formula is C16H14BrF2NO. The lowest BCUT2D eigenvalue weighted by atomic mass is 10.1. The van der Waals surface area contributed by atoms with Crippen LogP contribution in [0.3, 0.4) is 0 Å². The van der Waals surface area contributed by atoms with Crippen LogP contribution in [0.25, 0.3) is 0 Å². The van der Waals surface area contributed by atoms with Crippen molar-refractivity contribution in [3.63, 3.8) is 0 Å². The predicted molar refractivity (Wildman–Crippen MR) is 81.1 cm³/mol. The lowest BCUT2D eigenvalue weighted by Crippen LogP contribution is -2.34. The van der Waals surface area contributed by atoms with Gasteiger partial charge in [0.1, 0.15) is 0 Å².